The Kier molecular flexibility index (Phi) is 1.17. The summed E-state index contributed by atoms with van der Waals surface area (Å²) >= 11 is 5.90. The lowest BCUT2D eigenvalue weighted by Gasteiger charge is -2.02. The molecule has 6 heteroatoms. The van der Waals surface area contributed by atoms with Crippen molar-refractivity contribution in [3.63, 3.8) is 0 Å². The van der Waals surface area contributed by atoms with E-state index in [1.54, 1.807) is 12.1 Å². The largest absolute Gasteiger partial charge is 0.410 e. The average Bonchev–Trinajstić information content (AvgIpc) is 2.97. The third-order valence-corrected chi connectivity index (χ3v) is 5.80. The van der Waals surface area contributed by atoms with Crippen LogP contribution in [0.15, 0.2) is 11.2 Å². The molecule has 4 rings (SSSR count). The first-order valence-corrected chi connectivity index (χ1v) is 5.85. The van der Waals surface area contributed by atoms with Crippen LogP contribution in [0.3, 0.4) is 0 Å². The van der Waals surface area contributed by atoms with E-state index in [2.05, 4.69) is 5.16 Å². The molecule has 0 radical (unpaired) electrons. The number of hydrogen-bond acceptors (Lipinski definition) is 4. The summed E-state index contributed by atoms with van der Waals surface area (Å²) in [6, 6.07) is 3.29. The monoisotopic (exact) mass is 224 g/mol. The second kappa shape index (κ2) is 2.03. The molecule has 3 aliphatic rings. The van der Waals surface area contributed by atoms with Crippen LogP contribution in [0.1, 0.15) is 5.56 Å². The Morgan fingerprint density at radius 3 is 2.71 bits per heavy atom. The highest BCUT2D eigenvalue weighted by Gasteiger charge is 2.68. The maximum atomic E-state index is 11.7. The summed E-state index contributed by atoms with van der Waals surface area (Å²) in [5, 5.41) is 22.6. The van der Waals surface area contributed by atoms with Gasteiger partial charge in [0, 0.05) is 16.2 Å². The van der Waals surface area contributed by atoms with E-state index in [0.717, 1.165) is 10.6 Å². The molecule has 0 aromatic heterocycles. The van der Waals surface area contributed by atoms with Crippen molar-refractivity contribution in [1.82, 2.24) is 0 Å². The lowest BCUT2D eigenvalue weighted by molar-refractivity contribution is 0.320. The van der Waals surface area contributed by atoms with Crippen molar-refractivity contribution in [2.45, 2.75) is 0 Å². The van der Waals surface area contributed by atoms with Gasteiger partial charge in [-0.1, -0.05) is 16.8 Å². The Balaban J connectivity index is 2.24. The molecule has 2 bridgehead atoms. The van der Waals surface area contributed by atoms with Gasteiger partial charge < -0.3 is 9.77 Å². The summed E-state index contributed by atoms with van der Waals surface area (Å²) in [5.74, 6) is 0. The second-order valence-corrected chi connectivity index (χ2v) is 6.10. The summed E-state index contributed by atoms with van der Waals surface area (Å²) < 4.78 is 11.7. The molecule has 0 saturated heterocycles. The second-order valence-electron chi connectivity index (χ2n) is 3.12. The maximum absolute atomic E-state index is 11.7. The summed E-state index contributed by atoms with van der Waals surface area (Å²) in [6.45, 7) is 0. The van der Waals surface area contributed by atoms with Crippen LogP contribution in [-0.4, -0.2) is 10.9 Å². The zero-order valence-corrected chi connectivity index (χ0v) is 8.30. The van der Waals surface area contributed by atoms with Crippen LogP contribution in [0, 0.1) is 11.3 Å². The molecular weight excluding hydrogens is 223 g/mol. The highest BCUT2D eigenvalue weighted by molar-refractivity contribution is 8.06. The maximum Gasteiger partial charge on any atom is 0.188 e. The highest BCUT2D eigenvalue weighted by Crippen LogP contribution is 2.68. The zero-order chi connectivity index (χ0) is 10.1. The first-order chi connectivity index (χ1) is 6.66. The van der Waals surface area contributed by atoms with Crippen LogP contribution in [0.5, 0.6) is 0 Å². The predicted molar refractivity (Wildman–Crippen MR) is 51.9 cm³/mol. The van der Waals surface area contributed by atoms with Gasteiger partial charge in [-0.2, -0.15) is 5.26 Å². The van der Waals surface area contributed by atoms with E-state index >= 15 is 0 Å². The number of nitriles is 1. The van der Waals surface area contributed by atoms with Crippen molar-refractivity contribution in [3.05, 3.63) is 16.7 Å². The molecule has 1 N–H and O–H groups in total. The Labute approximate surface area is 83.8 Å². The topological polar surface area (TPSA) is 73.4 Å². The van der Waals surface area contributed by atoms with Crippen molar-refractivity contribution in [1.29, 1.82) is 5.26 Å². The van der Waals surface area contributed by atoms with E-state index in [1.165, 1.54) is 0 Å². The van der Waals surface area contributed by atoms with E-state index in [1.807, 2.05) is 0 Å². The normalized spacial score (nSPS) is 25.3. The summed E-state index contributed by atoms with van der Waals surface area (Å²) in [5.41, 5.74) is 0.228. The lowest BCUT2D eigenvalue weighted by Crippen LogP contribution is -2.15. The van der Waals surface area contributed by atoms with E-state index in [0.29, 0.717) is 15.9 Å². The Morgan fingerprint density at radius 2 is 2.29 bits per heavy atom. The highest BCUT2D eigenvalue weighted by atomic mass is 35.5. The van der Waals surface area contributed by atoms with Gasteiger partial charge in [-0.25, -0.2) is 0 Å². The van der Waals surface area contributed by atoms with E-state index in [-0.39, 0.29) is 5.71 Å². The van der Waals surface area contributed by atoms with Crippen molar-refractivity contribution in [2.75, 3.05) is 0 Å². The first kappa shape index (κ1) is 8.05. The molecule has 3 heterocycles. The number of oxime groups is 1. The fourth-order valence-electron chi connectivity index (χ4n) is 1.70. The molecule has 14 heavy (non-hydrogen) atoms. The Morgan fingerprint density at radius 1 is 1.64 bits per heavy atom. The van der Waals surface area contributed by atoms with Gasteiger partial charge in [0.15, 0.2) is 12.9 Å². The zero-order valence-electron chi connectivity index (χ0n) is 6.65. The molecule has 0 saturated carbocycles. The van der Waals surface area contributed by atoms with E-state index in [9.17, 15) is 4.57 Å². The Bertz CT molecular complexity index is 615. The van der Waals surface area contributed by atoms with Crippen LogP contribution < -0.4 is 15.9 Å². The molecule has 0 aliphatic carbocycles. The van der Waals surface area contributed by atoms with Crippen molar-refractivity contribution in [2.24, 2.45) is 5.16 Å². The molecule has 0 amide bonds. The van der Waals surface area contributed by atoms with Crippen LogP contribution in [0.25, 0.3) is 0 Å². The average molecular weight is 225 g/mol. The van der Waals surface area contributed by atoms with Gasteiger partial charge in [0.05, 0.1) is 10.3 Å². The SMILES string of the molecule is N#C/C(=N\O)c1cc2c3c(c1Cl)P23=O. The minimum absolute atomic E-state index is 0.141. The van der Waals surface area contributed by atoms with Crippen molar-refractivity contribution in [3.8, 4) is 6.07 Å². The first-order valence-electron chi connectivity index (χ1n) is 3.77. The van der Waals surface area contributed by atoms with Gasteiger partial charge in [-0.3, -0.25) is 0 Å². The molecule has 4 nitrogen and oxygen atoms in total. The fourth-order valence-corrected chi connectivity index (χ4v) is 5.06. The van der Waals surface area contributed by atoms with Crippen molar-refractivity contribution < 1.29 is 9.77 Å². The van der Waals surface area contributed by atoms with Crippen LogP contribution in [-0.2, 0) is 4.57 Å². The minimum Gasteiger partial charge on any atom is -0.410 e. The molecule has 1 unspecified atom stereocenters. The smallest absolute Gasteiger partial charge is 0.188 e. The summed E-state index contributed by atoms with van der Waals surface area (Å²) in [6.07, 6.45) is 0. The molecule has 3 aliphatic heterocycles. The molecule has 0 spiro atoms. The summed E-state index contributed by atoms with van der Waals surface area (Å²) in [4.78, 5) is 0. The molecule has 0 fully saturated rings. The molecule has 1 atom stereocenters. The minimum atomic E-state index is -2.23. The van der Waals surface area contributed by atoms with Gasteiger partial charge in [0.25, 0.3) is 0 Å². The quantitative estimate of drug-likeness (QED) is 0.280. The molecule has 1 aromatic carbocycles. The van der Waals surface area contributed by atoms with E-state index in [4.69, 9.17) is 22.1 Å². The number of hydrogen-bond donors (Lipinski definition) is 1. The standard InChI is InChI=1S/C8H2ClN2O2P/c9-6-3(4(2-10)11-12)1-5-7-8(6)14(5,7)13/h1,12H/b11-4+. The van der Waals surface area contributed by atoms with Crippen LogP contribution >= 0.6 is 18.7 Å². The van der Waals surface area contributed by atoms with E-state index < -0.39 is 7.14 Å². The summed E-state index contributed by atoms with van der Waals surface area (Å²) in [7, 11) is -2.23. The van der Waals surface area contributed by atoms with Gasteiger partial charge >= 0.3 is 0 Å². The predicted octanol–water partition coefficient (Wildman–Crippen LogP) is 0.308. The van der Waals surface area contributed by atoms with Crippen molar-refractivity contribution >= 4 is 40.4 Å². The lowest BCUT2D eigenvalue weighted by atomic mass is 10.1. The molecule has 1 aromatic rings. The Hall–Kier alpha value is -1.30. The third-order valence-electron chi connectivity index (χ3n) is 2.52. The number of benzene rings is 1. The molecular formula is C8H2ClN2O2P. The van der Waals surface area contributed by atoms with Gasteiger partial charge in [-0.15, -0.1) is 0 Å². The van der Waals surface area contributed by atoms with Crippen LogP contribution in [0.2, 0.25) is 5.02 Å². The van der Waals surface area contributed by atoms with Gasteiger partial charge in [-0.05, 0) is 6.07 Å². The van der Waals surface area contributed by atoms with Crippen LogP contribution in [0.4, 0.5) is 0 Å². The number of halogens is 1. The molecule has 68 valence electrons. The van der Waals surface area contributed by atoms with Gasteiger partial charge in [0.2, 0.25) is 0 Å². The number of nitrogens with zero attached hydrogens (tertiary/aromatic N) is 2. The van der Waals surface area contributed by atoms with Gasteiger partial charge in [0.1, 0.15) is 6.07 Å². The number of rotatable bonds is 1. The third kappa shape index (κ3) is 0.608. The fraction of sp³-hybridized carbons (Fsp3) is 0. The number of fused-ring (bicyclic) bond motifs is 2.